The van der Waals surface area contributed by atoms with E-state index in [4.69, 9.17) is 20.0 Å². The van der Waals surface area contributed by atoms with Crippen molar-refractivity contribution in [3.05, 3.63) is 57.6 Å². The summed E-state index contributed by atoms with van der Waals surface area (Å²) in [5, 5.41) is 13.7. The van der Waals surface area contributed by atoms with E-state index in [1.165, 1.54) is 6.20 Å². The summed E-state index contributed by atoms with van der Waals surface area (Å²) in [4.78, 5) is 36.2. The minimum absolute atomic E-state index is 0.0245. The van der Waals surface area contributed by atoms with Gasteiger partial charge >= 0.3 is 5.97 Å². The van der Waals surface area contributed by atoms with Gasteiger partial charge in [0.25, 0.3) is 0 Å². The zero-order valence-electron chi connectivity index (χ0n) is 21.0. The van der Waals surface area contributed by atoms with E-state index in [-0.39, 0.29) is 48.5 Å². The number of oxime groups is 1. The number of halogens is 1. The second-order valence-electron chi connectivity index (χ2n) is 9.30. The summed E-state index contributed by atoms with van der Waals surface area (Å²) in [5.74, 6) is -1.10. The number of aromatic nitrogens is 2. The first-order valence-electron chi connectivity index (χ1n) is 12.2. The SMILES string of the molecule is COc1cccc(CO/N=C2\CN(c3nc4c(cc3F)c(=O)c(C(=O)O)cn4C3CC3)CC2CN)c1OC. The summed E-state index contributed by atoms with van der Waals surface area (Å²) >= 11 is 0. The minimum Gasteiger partial charge on any atom is -0.493 e. The summed E-state index contributed by atoms with van der Waals surface area (Å²) in [6.07, 6.45) is 2.97. The van der Waals surface area contributed by atoms with Gasteiger partial charge in [-0.1, -0.05) is 17.3 Å². The van der Waals surface area contributed by atoms with Crippen molar-refractivity contribution in [3.63, 3.8) is 0 Å². The van der Waals surface area contributed by atoms with Crippen molar-refractivity contribution in [2.24, 2.45) is 16.8 Å². The van der Waals surface area contributed by atoms with E-state index >= 15 is 4.39 Å². The fourth-order valence-electron chi connectivity index (χ4n) is 4.73. The fourth-order valence-corrected chi connectivity index (χ4v) is 4.73. The quantitative estimate of drug-likeness (QED) is 0.403. The molecule has 1 aromatic carbocycles. The Morgan fingerprint density at radius 1 is 1.29 bits per heavy atom. The molecule has 0 amide bonds. The van der Waals surface area contributed by atoms with Crippen LogP contribution in [0.4, 0.5) is 10.2 Å². The highest BCUT2D eigenvalue weighted by atomic mass is 19.1. The van der Waals surface area contributed by atoms with E-state index in [1.807, 2.05) is 12.1 Å². The second kappa shape index (κ2) is 10.3. The Morgan fingerprint density at radius 2 is 2.08 bits per heavy atom. The molecule has 2 fully saturated rings. The summed E-state index contributed by atoms with van der Waals surface area (Å²) in [6.45, 7) is 0.985. The number of carboxylic acids is 1. The number of carbonyl (C=O) groups is 1. The van der Waals surface area contributed by atoms with E-state index in [2.05, 4.69) is 10.1 Å². The largest absolute Gasteiger partial charge is 0.493 e. The number of para-hydroxylation sites is 1. The molecular formula is C26H28FN5O6. The van der Waals surface area contributed by atoms with E-state index in [1.54, 1.807) is 29.8 Å². The van der Waals surface area contributed by atoms with Gasteiger partial charge in [0.05, 0.1) is 31.9 Å². The van der Waals surface area contributed by atoms with Gasteiger partial charge in [-0.2, -0.15) is 0 Å². The monoisotopic (exact) mass is 525 g/mol. The standard InChI is InChI=1S/C26H28FN5O6/c1-36-21-5-3-4-14(23(21)37-2)13-38-30-20-12-31(10-15(20)9-28)25-19(27)8-17-22(33)18(26(34)35)11-32(16-6-7-16)24(17)29-25/h3-5,8,11,15-16H,6-7,9-10,12-13,28H2,1-2H3,(H,34,35)/b30-20+. The van der Waals surface area contributed by atoms with Gasteiger partial charge in [-0.3, -0.25) is 4.79 Å². The third-order valence-corrected chi connectivity index (χ3v) is 6.85. The maximum absolute atomic E-state index is 15.3. The molecule has 0 radical (unpaired) electrons. The Bertz CT molecular complexity index is 1490. The number of ether oxygens (including phenoxy) is 2. The van der Waals surface area contributed by atoms with E-state index in [0.717, 1.165) is 24.5 Å². The van der Waals surface area contributed by atoms with Crippen LogP contribution in [0.2, 0.25) is 0 Å². The van der Waals surface area contributed by atoms with Crippen LogP contribution in [0.5, 0.6) is 11.5 Å². The fraction of sp³-hybridized carbons (Fsp3) is 0.385. The topological polar surface area (TPSA) is 142 Å². The maximum atomic E-state index is 15.3. The van der Waals surface area contributed by atoms with Crippen molar-refractivity contribution < 1.29 is 28.6 Å². The number of hydrogen-bond acceptors (Lipinski definition) is 9. The van der Waals surface area contributed by atoms with Gasteiger partial charge in [0.1, 0.15) is 17.8 Å². The molecule has 5 rings (SSSR count). The number of nitrogens with two attached hydrogens (primary N) is 1. The normalized spacial score (nSPS) is 18.3. The number of anilines is 1. The molecule has 38 heavy (non-hydrogen) atoms. The van der Waals surface area contributed by atoms with Gasteiger partial charge in [-0.05, 0) is 25.0 Å². The minimum atomic E-state index is -1.35. The van der Waals surface area contributed by atoms with Crippen LogP contribution in [-0.2, 0) is 11.4 Å². The molecule has 0 bridgehead atoms. The predicted octanol–water partition coefficient (Wildman–Crippen LogP) is 2.55. The van der Waals surface area contributed by atoms with Crippen molar-refractivity contribution in [2.75, 3.05) is 38.8 Å². The lowest BCUT2D eigenvalue weighted by Crippen LogP contribution is -2.26. The molecule has 3 heterocycles. The lowest BCUT2D eigenvalue weighted by Gasteiger charge is -2.19. The number of nitrogens with zero attached hydrogens (tertiary/aromatic N) is 4. The Kier molecular flexibility index (Phi) is 6.89. The van der Waals surface area contributed by atoms with Crippen LogP contribution >= 0.6 is 0 Å². The Labute approximate surface area is 217 Å². The Morgan fingerprint density at radius 3 is 2.74 bits per heavy atom. The molecule has 1 atom stereocenters. The highest BCUT2D eigenvalue weighted by Crippen LogP contribution is 2.37. The predicted molar refractivity (Wildman–Crippen MR) is 138 cm³/mol. The first kappa shape index (κ1) is 25.5. The molecule has 200 valence electrons. The number of carboxylic acid groups (broad SMARTS) is 1. The number of pyridine rings is 2. The van der Waals surface area contributed by atoms with Crippen molar-refractivity contribution in [1.82, 2.24) is 9.55 Å². The Hall–Kier alpha value is -4.19. The van der Waals surface area contributed by atoms with Crippen molar-refractivity contribution >= 4 is 28.5 Å². The number of benzene rings is 1. The molecule has 12 heteroatoms. The highest BCUT2D eigenvalue weighted by Gasteiger charge is 2.33. The lowest BCUT2D eigenvalue weighted by molar-refractivity contribution is 0.0695. The molecule has 1 aliphatic heterocycles. The van der Waals surface area contributed by atoms with Gasteiger partial charge in [0.2, 0.25) is 5.43 Å². The molecule has 11 nitrogen and oxygen atoms in total. The molecular weight excluding hydrogens is 497 g/mol. The average molecular weight is 526 g/mol. The third-order valence-electron chi connectivity index (χ3n) is 6.85. The molecule has 2 aliphatic rings. The van der Waals surface area contributed by atoms with Gasteiger partial charge in [-0.15, -0.1) is 0 Å². The number of methoxy groups -OCH3 is 2. The van der Waals surface area contributed by atoms with Crippen LogP contribution < -0.4 is 25.5 Å². The van der Waals surface area contributed by atoms with E-state index in [0.29, 0.717) is 23.8 Å². The molecule has 1 saturated heterocycles. The van der Waals surface area contributed by atoms with Crippen molar-refractivity contribution in [2.45, 2.75) is 25.5 Å². The summed E-state index contributed by atoms with van der Waals surface area (Å²) in [6, 6.07) is 6.54. The maximum Gasteiger partial charge on any atom is 0.341 e. The summed E-state index contributed by atoms with van der Waals surface area (Å²) < 4.78 is 27.7. The smallest absolute Gasteiger partial charge is 0.341 e. The molecule has 0 spiro atoms. The number of fused-ring (bicyclic) bond motifs is 1. The van der Waals surface area contributed by atoms with Crippen LogP contribution in [0.1, 0.15) is 34.8 Å². The second-order valence-corrected chi connectivity index (χ2v) is 9.30. The first-order chi connectivity index (χ1) is 18.4. The zero-order valence-corrected chi connectivity index (χ0v) is 21.0. The van der Waals surface area contributed by atoms with Crippen molar-refractivity contribution in [3.8, 4) is 11.5 Å². The number of hydrogen-bond donors (Lipinski definition) is 2. The molecule has 1 unspecified atom stereocenters. The molecule has 3 N–H and O–H groups in total. The van der Waals surface area contributed by atoms with Crippen LogP contribution in [0.25, 0.3) is 11.0 Å². The van der Waals surface area contributed by atoms with E-state index < -0.39 is 22.8 Å². The molecule has 1 saturated carbocycles. The van der Waals surface area contributed by atoms with Gasteiger partial charge in [0.15, 0.2) is 23.1 Å². The van der Waals surface area contributed by atoms with Crippen LogP contribution in [0, 0.1) is 11.7 Å². The van der Waals surface area contributed by atoms with E-state index in [9.17, 15) is 14.7 Å². The molecule has 3 aromatic rings. The van der Waals surface area contributed by atoms with Crippen molar-refractivity contribution in [1.29, 1.82) is 0 Å². The Balaban J connectivity index is 1.43. The van der Waals surface area contributed by atoms with Gasteiger partial charge < -0.3 is 34.6 Å². The van der Waals surface area contributed by atoms with Gasteiger partial charge in [-0.25, -0.2) is 14.2 Å². The first-order valence-corrected chi connectivity index (χ1v) is 12.2. The van der Waals surface area contributed by atoms with Crippen LogP contribution in [0.3, 0.4) is 0 Å². The summed E-state index contributed by atoms with van der Waals surface area (Å²) in [5.41, 5.74) is 6.46. The van der Waals surface area contributed by atoms with Crippen LogP contribution in [0.15, 0.2) is 40.4 Å². The molecule has 2 aromatic heterocycles. The number of aromatic carboxylic acids is 1. The third kappa shape index (κ3) is 4.62. The average Bonchev–Trinajstić information content (AvgIpc) is 3.68. The van der Waals surface area contributed by atoms with Gasteiger partial charge in [0, 0.05) is 36.8 Å². The number of rotatable bonds is 9. The molecule has 1 aliphatic carbocycles. The zero-order chi connectivity index (χ0) is 27.0. The summed E-state index contributed by atoms with van der Waals surface area (Å²) in [7, 11) is 3.10. The van der Waals surface area contributed by atoms with Crippen LogP contribution in [-0.4, -0.2) is 60.2 Å². The highest BCUT2D eigenvalue weighted by molar-refractivity contribution is 5.95. The lowest BCUT2D eigenvalue weighted by atomic mass is 10.1.